The zero-order valence-electron chi connectivity index (χ0n) is 8.57. The van der Waals surface area contributed by atoms with Crippen LogP contribution in [-0.4, -0.2) is 19.1 Å². The number of rotatable bonds is 1. The van der Waals surface area contributed by atoms with E-state index in [4.69, 9.17) is 5.73 Å². The maximum atomic E-state index is 11.2. The number of fused-ring (bicyclic) bond motifs is 1. The molecule has 1 heterocycles. The monoisotopic (exact) mass is 202 g/mol. The van der Waals surface area contributed by atoms with Crippen molar-refractivity contribution in [2.24, 2.45) is 5.73 Å². The fraction of sp³-hybridized carbons (Fsp3) is 0.417. The smallest absolute Gasteiger partial charge is 0.194 e. The van der Waals surface area contributed by atoms with Crippen molar-refractivity contribution < 1.29 is 0 Å². The predicted octanol–water partition coefficient (Wildman–Crippen LogP) is 1.00. The van der Waals surface area contributed by atoms with Crippen molar-refractivity contribution in [2.75, 3.05) is 18.0 Å². The highest BCUT2D eigenvalue weighted by Crippen LogP contribution is 2.25. The van der Waals surface area contributed by atoms with E-state index >= 15 is 0 Å². The Morgan fingerprint density at radius 2 is 2.20 bits per heavy atom. The van der Waals surface area contributed by atoms with Crippen LogP contribution in [-0.2, 0) is 0 Å². The van der Waals surface area contributed by atoms with Crippen molar-refractivity contribution >= 4 is 16.5 Å². The number of nitrogens with two attached hydrogens (primary N) is 1. The summed E-state index contributed by atoms with van der Waals surface area (Å²) in [6.07, 6.45) is 2.26. The summed E-state index contributed by atoms with van der Waals surface area (Å²) in [5, 5.41) is 1.78. The first-order chi connectivity index (χ1) is 7.25. The van der Waals surface area contributed by atoms with Gasteiger partial charge in [-0.2, -0.15) is 0 Å². The van der Waals surface area contributed by atoms with E-state index < -0.39 is 0 Å². The Bertz CT molecular complexity index is 510. The molecule has 2 aromatic rings. The van der Waals surface area contributed by atoms with Gasteiger partial charge in [-0.1, -0.05) is 0 Å². The fourth-order valence-electron chi connectivity index (χ4n) is 2.31. The molecule has 3 rings (SSSR count). The summed E-state index contributed by atoms with van der Waals surface area (Å²) in [4.78, 5) is 13.5. The van der Waals surface area contributed by atoms with Gasteiger partial charge in [0.05, 0.1) is 0 Å². The Balaban J connectivity index is 1.89. The summed E-state index contributed by atoms with van der Waals surface area (Å²) < 4.78 is 0. The van der Waals surface area contributed by atoms with Crippen LogP contribution in [0.3, 0.4) is 0 Å². The maximum absolute atomic E-state index is 11.2. The van der Waals surface area contributed by atoms with Gasteiger partial charge in [-0.25, -0.2) is 0 Å². The van der Waals surface area contributed by atoms with Gasteiger partial charge in [-0.15, -0.1) is 0 Å². The highest BCUT2D eigenvalue weighted by atomic mass is 16.1. The van der Waals surface area contributed by atoms with Crippen LogP contribution in [0.1, 0.15) is 12.8 Å². The van der Waals surface area contributed by atoms with Crippen LogP contribution in [0, 0.1) is 0 Å². The first-order valence-corrected chi connectivity index (χ1v) is 5.45. The summed E-state index contributed by atoms with van der Waals surface area (Å²) in [6.45, 7) is 1.97. The van der Waals surface area contributed by atoms with Crippen molar-refractivity contribution in [1.29, 1.82) is 0 Å². The van der Waals surface area contributed by atoms with E-state index in [0.29, 0.717) is 0 Å². The molecule has 0 spiro atoms. The van der Waals surface area contributed by atoms with Gasteiger partial charge < -0.3 is 10.6 Å². The first kappa shape index (κ1) is 8.92. The molecule has 1 atom stereocenters. The molecule has 1 unspecified atom stereocenters. The topological polar surface area (TPSA) is 46.3 Å². The van der Waals surface area contributed by atoms with E-state index in [1.165, 1.54) is 0 Å². The molecular formula is C12H14N2O. The summed E-state index contributed by atoms with van der Waals surface area (Å²) in [7, 11) is 0. The lowest BCUT2D eigenvalue weighted by atomic mass is 10.1. The molecule has 1 aliphatic heterocycles. The number of nitrogens with zero attached hydrogens (tertiary/aromatic N) is 1. The zero-order chi connectivity index (χ0) is 10.4. The highest BCUT2D eigenvalue weighted by molar-refractivity contribution is 5.99. The van der Waals surface area contributed by atoms with Gasteiger partial charge in [0, 0.05) is 35.6 Å². The van der Waals surface area contributed by atoms with Gasteiger partial charge in [0.25, 0.3) is 0 Å². The maximum Gasteiger partial charge on any atom is 0.194 e. The van der Waals surface area contributed by atoms with Gasteiger partial charge in [0.15, 0.2) is 5.43 Å². The normalized spacial score (nSPS) is 22.7. The van der Waals surface area contributed by atoms with Gasteiger partial charge >= 0.3 is 0 Å². The van der Waals surface area contributed by atoms with E-state index in [-0.39, 0.29) is 11.5 Å². The lowest BCUT2D eigenvalue weighted by molar-refractivity contribution is 0.506. The van der Waals surface area contributed by atoms with Crippen molar-refractivity contribution in [3.63, 3.8) is 0 Å². The SMILES string of the molecule is NC1CCCN(c2ccc3c(=O)c3c2)C1. The second kappa shape index (κ2) is 3.07. The lowest BCUT2D eigenvalue weighted by Crippen LogP contribution is -2.42. The molecule has 0 saturated carbocycles. The molecule has 1 aliphatic rings. The number of benzene rings is 1. The molecule has 1 fully saturated rings. The van der Waals surface area contributed by atoms with Crippen LogP contribution in [0.5, 0.6) is 0 Å². The van der Waals surface area contributed by atoms with Crippen molar-refractivity contribution in [1.82, 2.24) is 0 Å². The number of anilines is 1. The molecule has 0 aromatic heterocycles. The second-order valence-electron chi connectivity index (χ2n) is 4.41. The van der Waals surface area contributed by atoms with Crippen molar-refractivity contribution in [3.05, 3.63) is 28.4 Å². The van der Waals surface area contributed by atoms with Crippen LogP contribution in [0.2, 0.25) is 0 Å². The Hall–Kier alpha value is -1.35. The Labute approximate surface area is 88.2 Å². The zero-order valence-corrected chi connectivity index (χ0v) is 8.57. The van der Waals surface area contributed by atoms with E-state index in [1.807, 2.05) is 18.2 Å². The fourth-order valence-corrected chi connectivity index (χ4v) is 2.31. The van der Waals surface area contributed by atoms with E-state index in [2.05, 4.69) is 4.90 Å². The molecule has 78 valence electrons. The molecule has 0 bridgehead atoms. The molecule has 0 amide bonds. The molecule has 2 N–H and O–H groups in total. The Morgan fingerprint density at radius 3 is 2.93 bits per heavy atom. The average molecular weight is 202 g/mol. The third-order valence-corrected chi connectivity index (χ3v) is 3.25. The van der Waals surface area contributed by atoms with E-state index in [0.717, 1.165) is 42.4 Å². The van der Waals surface area contributed by atoms with Crippen molar-refractivity contribution in [3.8, 4) is 0 Å². The third-order valence-electron chi connectivity index (χ3n) is 3.25. The second-order valence-corrected chi connectivity index (χ2v) is 4.41. The molecule has 1 saturated heterocycles. The average Bonchev–Trinajstić information content (AvgIpc) is 2.90. The minimum absolute atomic E-state index is 0.211. The van der Waals surface area contributed by atoms with E-state index in [9.17, 15) is 4.79 Å². The highest BCUT2D eigenvalue weighted by Gasteiger charge is 2.19. The van der Waals surface area contributed by atoms with Crippen LogP contribution in [0.25, 0.3) is 10.8 Å². The Morgan fingerprint density at radius 1 is 1.33 bits per heavy atom. The number of piperidine rings is 1. The standard InChI is InChI=1S/C12H14N2O/c13-8-2-1-5-14(7-8)9-3-4-10-11(6-9)12(10)15/h3-4,6,8H,1-2,5,7,13H2. The molecule has 0 radical (unpaired) electrons. The number of hydrogen-bond donors (Lipinski definition) is 1. The summed E-state index contributed by atoms with van der Waals surface area (Å²) >= 11 is 0. The van der Waals surface area contributed by atoms with Gasteiger partial charge in [0.2, 0.25) is 0 Å². The molecule has 3 nitrogen and oxygen atoms in total. The van der Waals surface area contributed by atoms with Crippen LogP contribution in [0.4, 0.5) is 5.69 Å². The minimum atomic E-state index is 0.211. The van der Waals surface area contributed by atoms with Gasteiger partial charge in [-0.3, -0.25) is 4.79 Å². The quantitative estimate of drug-likeness (QED) is 0.750. The minimum Gasteiger partial charge on any atom is -0.370 e. The first-order valence-electron chi connectivity index (χ1n) is 5.45. The summed E-state index contributed by atoms with van der Waals surface area (Å²) in [6, 6.07) is 6.23. The van der Waals surface area contributed by atoms with Crippen molar-refractivity contribution in [2.45, 2.75) is 18.9 Å². The summed E-state index contributed by atoms with van der Waals surface area (Å²) in [5.41, 5.74) is 7.29. The predicted molar refractivity (Wildman–Crippen MR) is 62.0 cm³/mol. The van der Waals surface area contributed by atoms with Crippen LogP contribution in [0.15, 0.2) is 23.0 Å². The third kappa shape index (κ3) is 1.43. The molecule has 15 heavy (non-hydrogen) atoms. The van der Waals surface area contributed by atoms with Crippen LogP contribution < -0.4 is 16.1 Å². The van der Waals surface area contributed by atoms with Gasteiger partial charge in [-0.05, 0) is 31.0 Å². The number of hydrogen-bond acceptors (Lipinski definition) is 3. The molecular weight excluding hydrogens is 188 g/mol. The molecule has 0 aliphatic carbocycles. The van der Waals surface area contributed by atoms with Crippen LogP contribution >= 0.6 is 0 Å². The largest absolute Gasteiger partial charge is 0.370 e. The Kier molecular flexibility index (Phi) is 1.83. The van der Waals surface area contributed by atoms with Gasteiger partial charge in [0.1, 0.15) is 0 Å². The molecule has 2 aromatic carbocycles. The van der Waals surface area contributed by atoms with E-state index in [1.54, 1.807) is 0 Å². The summed E-state index contributed by atoms with van der Waals surface area (Å²) in [5.74, 6) is 0. The molecule has 3 heteroatoms. The lowest BCUT2D eigenvalue weighted by Gasteiger charge is -2.32.